The number of carbonyl (C=O) groups excluding carboxylic acids is 3. The van der Waals surface area contributed by atoms with Crippen molar-refractivity contribution < 1.29 is 39.2 Å². The van der Waals surface area contributed by atoms with Crippen LogP contribution >= 0.6 is 0 Å². The lowest BCUT2D eigenvalue weighted by molar-refractivity contribution is -0.182. The van der Waals surface area contributed by atoms with Crippen molar-refractivity contribution in [3.05, 3.63) is 11.6 Å². The van der Waals surface area contributed by atoms with E-state index in [4.69, 9.17) is 9.84 Å². The first-order valence-corrected chi connectivity index (χ1v) is 16.2. The van der Waals surface area contributed by atoms with Gasteiger partial charge < -0.3 is 25.4 Å². The summed E-state index contributed by atoms with van der Waals surface area (Å²) in [7, 11) is 0. The fraction of sp³-hybridized carbons (Fsp3) is 0.818. The highest BCUT2D eigenvalue weighted by Gasteiger charge is 2.68. The van der Waals surface area contributed by atoms with E-state index in [0.717, 1.165) is 76.2 Å². The van der Waals surface area contributed by atoms with E-state index >= 15 is 0 Å². The lowest BCUT2D eigenvalue weighted by atomic mass is 9.45. The molecule has 0 aromatic heterocycles. The number of amides is 1. The van der Waals surface area contributed by atoms with Gasteiger partial charge in [-0.15, -0.1) is 0 Å². The molecule has 0 aromatic rings. The number of ketones is 2. The average molecular weight is 590 g/mol. The number of hydrogen-bond acceptors (Lipinski definition) is 7. The zero-order valence-corrected chi connectivity index (χ0v) is 25.5. The number of unbranched alkanes of at least 4 members (excludes halogenated alkanes) is 7. The molecular weight excluding hydrogens is 538 g/mol. The number of fused-ring (bicyclic) bond motifs is 5. The summed E-state index contributed by atoms with van der Waals surface area (Å²) in [6, 6.07) is 0. The number of aliphatic hydroxyl groups excluding tert-OH is 1. The third-order valence-corrected chi connectivity index (χ3v) is 11.4. The summed E-state index contributed by atoms with van der Waals surface area (Å²) in [6.45, 7) is 4.06. The Labute approximate surface area is 249 Å². The van der Waals surface area contributed by atoms with Gasteiger partial charge in [-0.05, 0) is 80.6 Å². The molecule has 3 fully saturated rings. The van der Waals surface area contributed by atoms with Crippen molar-refractivity contribution in [1.29, 1.82) is 0 Å². The molecule has 9 heteroatoms. The van der Waals surface area contributed by atoms with Gasteiger partial charge in [-0.25, -0.2) is 4.79 Å². The third-order valence-electron chi connectivity index (χ3n) is 11.4. The number of Topliss-reactive ketones (excluding diaryl/α,β-unsaturated/α-hetero) is 1. The number of ether oxygens (including phenoxy) is 1. The molecule has 4 aliphatic carbocycles. The molecule has 42 heavy (non-hydrogen) atoms. The highest BCUT2D eigenvalue weighted by atomic mass is 16.6. The summed E-state index contributed by atoms with van der Waals surface area (Å²) in [4.78, 5) is 48.3. The standard InChI is InChI=1S/C33H51NO8/c1-31-16-14-23(35)19-22(31)12-13-24-25-15-17-33(41,32(25,2)20-26(36)29(24)31)27(37)21-42-30(40)34-18-10-8-6-4-3-5-7-9-11-28(38)39/h19,24-26,29,36,41H,3-18,20-21H2,1-2H3,(H,34,40)(H,38,39). The van der Waals surface area contributed by atoms with Crippen LogP contribution in [0.3, 0.4) is 0 Å². The van der Waals surface area contributed by atoms with Gasteiger partial charge in [0, 0.05) is 24.8 Å². The van der Waals surface area contributed by atoms with E-state index in [-0.39, 0.29) is 35.4 Å². The van der Waals surface area contributed by atoms with E-state index in [9.17, 15) is 29.4 Å². The molecule has 236 valence electrons. The number of rotatable bonds is 14. The van der Waals surface area contributed by atoms with Gasteiger partial charge in [-0.2, -0.15) is 0 Å². The highest BCUT2D eigenvalue weighted by molar-refractivity contribution is 5.92. The zero-order chi connectivity index (χ0) is 30.5. The minimum Gasteiger partial charge on any atom is -0.481 e. The third kappa shape index (κ3) is 6.62. The monoisotopic (exact) mass is 589 g/mol. The Morgan fingerprint density at radius 2 is 1.64 bits per heavy atom. The number of carbonyl (C=O) groups is 4. The number of aliphatic hydroxyl groups is 2. The maximum absolute atomic E-state index is 13.4. The van der Waals surface area contributed by atoms with E-state index in [2.05, 4.69) is 12.2 Å². The molecule has 4 aliphatic rings. The second-order valence-corrected chi connectivity index (χ2v) is 13.9. The molecule has 0 heterocycles. The fourth-order valence-corrected chi connectivity index (χ4v) is 9.10. The van der Waals surface area contributed by atoms with Crippen molar-refractivity contribution in [3.8, 4) is 0 Å². The molecule has 7 unspecified atom stereocenters. The Balaban J connectivity index is 1.21. The topological polar surface area (TPSA) is 150 Å². The van der Waals surface area contributed by atoms with Crippen LogP contribution in [-0.4, -0.2) is 63.8 Å². The Kier molecular flexibility index (Phi) is 10.6. The van der Waals surface area contributed by atoms with Gasteiger partial charge in [0.25, 0.3) is 0 Å². The lowest BCUT2D eigenvalue weighted by Crippen LogP contribution is -2.62. The van der Waals surface area contributed by atoms with Crippen LogP contribution < -0.4 is 5.32 Å². The Hall–Kier alpha value is -2.26. The van der Waals surface area contributed by atoms with Crippen LogP contribution in [0.2, 0.25) is 0 Å². The number of alkyl carbamates (subject to hydrolysis) is 1. The smallest absolute Gasteiger partial charge is 0.407 e. The molecule has 9 nitrogen and oxygen atoms in total. The summed E-state index contributed by atoms with van der Waals surface area (Å²) >= 11 is 0. The number of hydrogen-bond donors (Lipinski definition) is 4. The molecule has 0 radical (unpaired) electrons. The molecule has 4 N–H and O–H groups in total. The Morgan fingerprint density at radius 1 is 0.976 bits per heavy atom. The minimum atomic E-state index is -1.66. The largest absolute Gasteiger partial charge is 0.481 e. The van der Waals surface area contributed by atoms with Crippen LogP contribution in [0.4, 0.5) is 4.79 Å². The molecule has 0 saturated heterocycles. The van der Waals surface area contributed by atoms with Crippen molar-refractivity contribution in [3.63, 3.8) is 0 Å². The van der Waals surface area contributed by atoms with Crippen molar-refractivity contribution in [1.82, 2.24) is 5.32 Å². The van der Waals surface area contributed by atoms with Crippen molar-refractivity contribution in [2.75, 3.05) is 13.2 Å². The highest BCUT2D eigenvalue weighted by Crippen LogP contribution is 2.67. The quantitative estimate of drug-likeness (QED) is 0.204. The average Bonchev–Trinajstić information content (AvgIpc) is 3.21. The van der Waals surface area contributed by atoms with Gasteiger partial charge in [0.05, 0.1) is 6.10 Å². The lowest BCUT2D eigenvalue weighted by Gasteiger charge is -2.60. The van der Waals surface area contributed by atoms with E-state index in [1.54, 1.807) is 6.08 Å². The van der Waals surface area contributed by atoms with Crippen molar-refractivity contribution >= 4 is 23.6 Å². The molecule has 7 atom stereocenters. The van der Waals surface area contributed by atoms with Gasteiger partial charge in [0.1, 0.15) is 5.60 Å². The molecular formula is C33H51NO8. The molecule has 0 spiro atoms. The SMILES string of the molecule is CC12CCC(=O)C=C1CCC1C2C(O)CC2(C)C1CCC2(O)C(=O)COC(=O)NCCCCCCCCCCC(=O)O. The normalized spacial score (nSPS) is 35.4. The van der Waals surface area contributed by atoms with Crippen LogP contribution in [0.15, 0.2) is 11.6 Å². The Bertz CT molecular complexity index is 1060. The molecule has 0 aromatic carbocycles. The summed E-state index contributed by atoms with van der Waals surface area (Å²) in [5.74, 6) is -0.824. The van der Waals surface area contributed by atoms with Gasteiger partial charge in [0.15, 0.2) is 12.4 Å². The van der Waals surface area contributed by atoms with Crippen molar-refractivity contribution in [2.45, 2.75) is 128 Å². The first kappa shape index (κ1) is 32.6. The number of carboxylic acids is 1. The maximum Gasteiger partial charge on any atom is 0.407 e. The first-order valence-electron chi connectivity index (χ1n) is 16.2. The van der Waals surface area contributed by atoms with Gasteiger partial charge in [0.2, 0.25) is 5.78 Å². The molecule has 3 saturated carbocycles. The second-order valence-electron chi connectivity index (χ2n) is 13.9. The van der Waals surface area contributed by atoms with Gasteiger partial charge >= 0.3 is 12.1 Å². The van der Waals surface area contributed by atoms with Crippen LogP contribution in [0, 0.1) is 28.6 Å². The molecule has 0 aliphatic heterocycles. The summed E-state index contributed by atoms with van der Waals surface area (Å²) in [5.41, 5.74) is -1.54. The predicted octanol–water partition coefficient (Wildman–Crippen LogP) is 5.11. The van der Waals surface area contributed by atoms with Crippen LogP contribution in [0.25, 0.3) is 0 Å². The number of allylic oxidation sites excluding steroid dienone is 1. The maximum atomic E-state index is 13.4. The fourth-order valence-electron chi connectivity index (χ4n) is 9.10. The summed E-state index contributed by atoms with van der Waals surface area (Å²) in [5, 5.41) is 34.7. The van der Waals surface area contributed by atoms with Crippen molar-refractivity contribution in [2.24, 2.45) is 28.6 Å². The second kappa shape index (κ2) is 13.6. The first-order chi connectivity index (χ1) is 19.9. The summed E-state index contributed by atoms with van der Waals surface area (Å²) < 4.78 is 5.23. The van der Waals surface area contributed by atoms with Gasteiger partial charge in [-0.3, -0.25) is 14.4 Å². The van der Waals surface area contributed by atoms with Crippen LogP contribution in [0.5, 0.6) is 0 Å². The van der Waals surface area contributed by atoms with E-state index < -0.39 is 41.6 Å². The molecule has 1 amide bonds. The zero-order valence-electron chi connectivity index (χ0n) is 25.5. The van der Waals surface area contributed by atoms with E-state index in [1.165, 1.54) is 0 Å². The van der Waals surface area contributed by atoms with Crippen LogP contribution in [-0.2, 0) is 19.1 Å². The minimum absolute atomic E-state index is 0.00645. The van der Waals surface area contributed by atoms with Crippen LogP contribution in [0.1, 0.15) is 117 Å². The van der Waals surface area contributed by atoms with E-state index in [1.807, 2.05) is 6.92 Å². The Morgan fingerprint density at radius 3 is 2.33 bits per heavy atom. The predicted molar refractivity (Wildman–Crippen MR) is 157 cm³/mol. The number of nitrogens with one attached hydrogen (secondary N) is 1. The number of aliphatic carboxylic acids is 1. The molecule has 4 rings (SSSR count). The summed E-state index contributed by atoms with van der Waals surface area (Å²) in [6.07, 6.45) is 12.5. The number of carboxylic acid groups (broad SMARTS) is 1. The molecule has 0 bridgehead atoms. The van der Waals surface area contributed by atoms with Gasteiger partial charge in [-0.1, -0.05) is 57.9 Å². The van der Waals surface area contributed by atoms with E-state index in [0.29, 0.717) is 32.2 Å².